The Bertz CT molecular complexity index is 738. The number of hydrogen-bond acceptors (Lipinski definition) is 2. The zero-order valence-electron chi connectivity index (χ0n) is 16.3. The maximum absolute atomic E-state index is 6.34. The molecule has 0 amide bonds. The van der Waals surface area contributed by atoms with Gasteiger partial charge in [-0.25, -0.2) is 0 Å². The summed E-state index contributed by atoms with van der Waals surface area (Å²) in [5, 5.41) is 1.31. The molecule has 0 unspecified atom stereocenters. The summed E-state index contributed by atoms with van der Waals surface area (Å²) in [5.41, 5.74) is 7.58. The third-order valence-corrected chi connectivity index (χ3v) is 4.46. The van der Waals surface area contributed by atoms with E-state index in [1.807, 2.05) is 53.7 Å². The van der Waals surface area contributed by atoms with Gasteiger partial charge in [-0.05, 0) is 75.9 Å². The van der Waals surface area contributed by atoms with Crippen LogP contribution in [0.1, 0.15) is 36.1 Å². The number of hydrogen-bond donors (Lipinski definition) is 0. The third kappa shape index (κ3) is 5.94. The average Bonchev–Trinajstić information content (AvgIpc) is 2.46. The van der Waals surface area contributed by atoms with Crippen LogP contribution in [0.5, 0.6) is 0 Å². The van der Waals surface area contributed by atoms with Gasteiger partial charge in [0.2, 0.25) is 0 Å². The molecule has 0 aromatic heterocycles. The molecule has 0 aliphatic heterocycles. The van der Waals surface area contributed by atoms with Crippen LogP contribution in [0, 0.1) is 35.1 Å². The van der Waals surface area contributed by atoms with Crippen LogP contribution in [-0.4, -0.2) is 11.4 Å². The van der Waals surface area contributed by atoms with Crippen LogP contribution in [0.15, 0.2) is 34.3 Å². The molecule has 0 saturated carbocycles. The number of aliphatic imine (C=N–C) groups is 2. The minimum atomic E-state index is 0. The van der Waals surface area contributed by atoms with E-state index >= 15 is 0 Å². The smallest absolute Gasteiger partial charge is 0.0849 e. The summed E-state index contributed by atoms with van der Waals surface area (Å²) in [6.45, 7) is 11.9. The minimum absolute atomic E-state index is 0. The van der Waals surface area contributed by atoms with Crippen molar-refractivity contribution in [2.75, 3.05) is 0 Å². The van der Waals surface area contributed by atoms with Crippen LogP contribution in [0.4, 0.5) is 11.4 Å². The van der Waals surface area contributed by atoms with E-state index in [1.54, 1.807) is 0 Å². The van der Waals surface area contributed by atoms with Crippen LogP contribution in [0.3, 0.4) is 0 Å². The maximum atomic E-state index is 6.34. The van der Waals surface area contributed by atoms with Gasteiger partial charge in [-0.1, -0.05) is 35.3 Å². The molecule has 0 bridgehead atoms. The summed E-state index contributed by atoms with van der Waals surface area (Å²) in [4.78, 5) is 9.37. The van der Waals surface area contributed by atoms with E-state index in [0.717, 1.165) is 45.1 Å². The normalized spacial score (nSPS) is 11.7. The van der Waals surface area contributed by atoms with Gasteiger partial charge in [-0.2, -0.15) is 0 Å². The Morgan fingerprint density at radius 2 is 1.00 bits per heavy atom. The molecule has 0 aliphatic carbocycles. The quantitative estimate of drug-likeness (QED) is 0.270. The van der Waals surface area contributed by atoms with Gasteiger partial charge in [0, 0.05) is 16.5 Å². The van der Waals surface area contributed by atoms with Crippen molar-refractivity contribution in [2.45, 2.75) is 41.5 Å². The molecule has 0 N–H and O–H groups in total. The zero-order valence-corrected chi connectivity index (χ0v) is 18.8. The fraction of sp³-hybridized carbons (Fsp3) is 0.286. The Hall–Kier alpha value is -1.15. The Balaban J connectivity index is 0.00000312. The molecule has 2 nitrogen and oxygen atoms in total. The van der Waals surface area contributed by atoms with Crippen molar-refractivity contribution in [3.05, 3.63) is 64.0 Å². The van der Waals surface area contributed by atoms with Crippen molar-refractivity contribution in [1.29, 1.82) is 0 Å². The number of benzene rings is 2. The van der Waals surface area contributed by atoms with Crippen LogP contribution >= 0.6 is 23.2 Å². The van der Waals surface area contributed by atoms with Gasteiger partial charge in [0.1, 0.15) is 0 Å². The second-order valence-electron chi connectivity index (χ2n) is 6.22. The number of halogens is 2. The summed E-state index contributed by atoms with van der Waals surface area (Å²) >= 11 is 12.7. The van der Waals surface area contributed by atoms with Crippen LogP contribution in [0.2, 0.25) is 10.0 Å². The van der Waals surface area contributed by atoms with Crippen LogP contribution in [-0.2, 0) is 16.5 Å². The third-order valence-electron chi connectivity index (χ3n) is 3.88. The molecule has 2 rings (SSSR count). The standard InChI is InChI=1S/C20H22Cl2N2.CH3.Ni/c1-11-7-13(3)19(17(21)9-11)23-15(5)16(6)24-20-14(4)8-12(2)10-18(20)22;;/h7-10H,1-6H3;1H3;/q;-1;. The topological polar surface area (TPSA) is 24.7 Å². The first kappa shape index (κ1) is 24.9. The van der Waals surface area contributed by atoms with Gasteiger partial charge in [0.05, 0.1) is 32.8 Å². The summed E-state index contributed by atoms with van der Waals surface area (Å²) in [6, 6.07) is 8.00. The number of aryl methyl sites for hydroxylation is 4. The fourth-order valence-electron chi connectivity index (χ4n) is 2.60. The first-order valence-electron chi connectivity index (χ1n) is 7.83. The van der Waals surface area contributed by atoms with Gasteiger partial charge in [0.25, 0.3) is 0 Å². The molecule has 0 heterocycles. The summed E-state index contributed by atoms with van der Waals surface area (Å²) in [7, 11) is 0. The second kappa shape index (κ2) is 10.3. The first-order chi connectivity index (χ1) is 11.2. The van der Waals surface area contributed by atoms with E-state index < -0.39 is 0 Å². The molecule has 0 atom stereocenters. The van der Waals surface area contributed by atoms with Gasteiger partial charge >= 0.3 is 0 Å². The van der Waals surface area contributed by atoms with Crippen molar-refractivity contribution >= 4 is 46.0 Å². The van der Waals surface area contributed by atoms with E-state index in [-0.39, 0.29) is 23.9 Å². The molecule has 0 radical (unpaired) electrons. The largest absolute Gasteiger partial charge is 0.358 e. The number of nitrogens with zero attached hydrogens (tertiary/aromatic N) is 2. The van der Waals surface area contributed by atoms with E-state index in [2.05, 4.69) is 22.1 Å². The SMILES string of the molecule is CC(=Nc1c(C)cc(C)cc1Cl)C(C)=Nc1c(C)cc(C)cc1Cl.[CH3-].[Ni]. The monoisotopic (exact) mass is 433 g/mol. The van der Waals surface area contributed by atoms with E-state index in [0.29, 0.717) is 10.0 Å². The molecule has 2 aromatic carbocycles. The zero-order chi connectivity index (χ0) is 18.0. The van der Waals surface area contributed by atoms with E-state index in [4.69, 9.17) is 23.2 Å². The minimum Gasteiger partial charge on any atom is -0.358 e. The molecule has 2 aromatic rings. The van der Waals surface area contributed by atoms with Gasteiger partial charge in [-0.3, -0.25) is 9.98 Å². The van der Waals surface area contributed by atoms with Gasteiger partial charge < -0.3 is 7.43 Å². The van der Waals surface area contributed by atoms with Crippen molar-refractivity contribution in [3.8, 4) is 0 Å². The molecular weight excluding hydrogens is 410 g/mol. The number of rotatable bonds is 3. The molecule has 5 heteroatoms. The predicted molar refractivity (Wildman–Crippen MR) is 114 cm³/mol. The Labute approximate surface area is 177 Å². The van der Waals surface area contributed by atoms with Gasteiger partial charge in [-0.15, -0.1) is 0 Å². The molecular formula is C21H25Cl2N2Ni-. The summed E-state index contributed by atoms with van der Waals surface area (Å²) in [6.07, 6.45) is 0. The van der Waals surface area contributed by atoms with Crippen molar-refractivity contribution < 1.29 is 16.5 Å². The molecule has 0 aliphatic rings. The van der Waals surface area contributed by atoms with E-state index in [1.165, 1.54) is 0 Å². The Morgan fingerprint density at radius 1 is 0.692 bits per heavy atom. The molecule has 144 valence electrons. The average molecular weight is 435 g/mol. The van der Waals surface area contributed by atoms with E-state index in [9.17, 15) is 0 Å². The summed E-state index contributed by atoms with van der Waals surface area (Å²) in [5.74, 6) is 0. The second-order valence-corrected chi connectivity index (χ2v) is 7.03. The molecule has 0 fully saturated rings. The molecule has 0 saturated heterocycles. The first-order valence-corrected chi connectivity index (χ1v) is 8.59. The van der Waals surface area contributed by atoms with Crippen molar-refractivity contribution in [2.24, 2.45) is 9.98 Å². The fourth-order valence-corrected chi connectivity index (χ4v) is 3.32. The maximum Gasteiger partial charge on any atom is 0.0849 e. The predicted octanol–water partition coefficient (Wildman–Crippen LogP) is 7.56. The van der Waals surface area contributed by atoms with Gasteiger partial charge in [0.15, 0.2) is 0 Å². The molecule has 26 heavy (non-hydrogen) atoms. The van der Waals surface area contributed by atoms with Crippen LogP contribution in [0.25, 0.3) is 0 Å². The van der Waals surface area contributed by atoms with Crippen molar-refractivity contribution in [3.63, 3.8) is 0 Å². The summed E-state index contributed by atoms with van der Waals surface area (Å²) < 4.78 is 0. The Kier molecular flexibility index (Phi) is 9.80. The molecule has 0 spiro atoms. The van der Waals surface area contributed by atoms with Crippen molar-refractivity contribution in [1.82, 2.24) is 0 Å². The Morgan fingerprint density at radius 3 is 1.27 bits per heavy atom. The van der Waals surface area contributed by atoms with Crippen LogP contribution < -0.4 is 0 Å².